The lowest BCUT2D eigenvalue weighted by atomic mass is 10.1. The van der Waals surface area contributed by atoms with Crippen LogP contribution in [0.2, 0.25) is 0 Å². The lowest BCUT2D eigenvalue weighted by molar-refractivity contribution is -0.116. The van der Waals surface area contributed by atoms with Crippen molar-refractivity contribution in [2.24, 2.45) is 11.7 Å². The Morgan fingerprint density at radius 2 is 2.00 bits per heavy atom. The number of aryl methyl sites for hydroxylation is 1. The first-order valence-corrected chi connectivity index (χ1v) is 8.15. The van der Waals surface area contributed by atoms with E-state index in [0.29, 0.717) is 18.7 Å². The molecule has 1 amide bonds. The average Bonchev–Trinajstić information content (AvgIpc) is 2.40. The first-order chi connectivity index (χ1) is 9.68. The van der Waals surface area contributed by atoms with E-state index in [1.807, 2.05) is 13.8 Å². The summed E-state index contributed by atoms with van der Waals surface area (Å²) in [5, 5.41) is 2.75. The van der Waals surface area contributed by atoms with Gasteiger partial charge in [0.25, 0.3) is 0 Å². The smallest absolute Gasteiger partial charge is 0.242 e. The number of anilines is 1. The lowest BCUT2D eigenvalue weighted by Gasteiger charge is -2.15. The summed E-state index contributed by atoms with van der Waals surface area (Å²) >= 11 is 0. The lowest BCUT2D eigenvalue weighted by Crippen LogP contribution is -2.23. The Labute approximate surface area is 126 Å². The van der Waals surface area contributed by atoms with Crippen LogP contribution in [0.5, 0.6) is 0 Å². The highest BCUT2D eigenvalue weighted by atomic mass is 32.2. The van der Waals surface area contributed by atoms with Crippen LogP contribution in [0.3, 0.4) is 0 Å². The third-order valence-corrected chi connectivity index (χ3v) is 5.01. The van der Waals surface area contributed by atoms with Crippen molar-refractivity contribution in [3.8, 4) is 0 Å². The summed E-state index contributed by atoms with van der Waals surface area (Å²) in [6.07, 6.45) is 0.306. The van der Waals surface area contributed by atoms with Crippen LogP contribution in [0.1, 0.15) is 18.9 Å². The number of sulfonamides is 1. The van der Waals surface area contributed by atoms with Gasteiger partial charge >= 0.3 is 0 Å². The van der Waals surface area contributed by atoms with Crippen molar-refractivity contribution >= 4 is 21.6 Å². The van der Waals surface area contributed by atoms with Crippen molar-refractivity contribution in [2.45, 2.75) is 25.2 Å². The fraction of sp³-hybridized carbons (Fsp3) is 0.500. The fourth-order valence-electron chi connectivity index (χ4n) is 1.71. The van der Waals surface area contributed by atoms with Crippen LogP contribution < -0.4 is 11.1 Å². The second kappa shape index (κ2) is 7.02. The topological polar surface area (TPSA) is 92.5 Å². The highest BCUT2D eigenvalue weighted by molar-refractivity contribution is 7.89. The normalized spacial score (nSPS) is 13.2. The van der Waals surface area contributed by atoms with E-state index in [2.05, 4.69) is 5.32 Å². The fourth-order valence-corrected chi connectivity index (χ4v) is 2.64. The molecule has 7 heteroatoms. The van der Waals surface area contributed by atoms with Crippen molar-refractivity contribution in [1.82, 2.24) is 4.31 Å². The molecule has 0 saturated heterocycles. The Bertz CT molecular complexity index is 612. The maximum atomic E-state index is 12.1. The summed E-state index contributed by atoms with van der Waals surface area (Å²) in [6.45, 7) is 4.13. The molecular weight excluding hydrogens is 290 g/mol. The van der Waals surface area contributed by atoms with E-state index < -0.39 is 10.0 Å². The monoisotopic (exact) mass is 313 g/mol. The van der Waals surface area contributed by atoms with E-state index in [4.69, 9.17) is 5.73 Å². The summed E-state index contributed by atoms with van der Waals surface area (Å²) in [4.78, 5) is 12.1. The van der Waals surface area contributed by atoms with Gasteiger partial charge < -0.3 is 11.1 Å². The molecule has 0 aliphatic carbocycles. The molecule has 3 N–H and O–H groups in total. The van der Waals surface area contributed by atoms with Crippen LogP contribution in [0.4, 0.5) is 5.69 Å². The van der Waals surface area contributed by atoms with Crippen molar-refractivity contribution in [3.63, 3.8) is 0 Å². The summed E-state index contributed by atoms with van der Waals surface area (Å²) in [6, 6.07) is 4.69. The Balaban J connectivity index is 3.01. The number of nitrogens with zero attached hydrogens (tertiary/aromatic N) is 1. The third kappa shape index (κ3) is 4.52. The minimum Gasteiger partial charge on any atom is -0.330 e. The maximum Gasteiger partial charge on any atom is 0.242 e. The summed E-state index contributed by atoms with van der Waals surface area (Å²) in [7, 11) is -0.580. The van der Waals surface area contributed by atoms with Gasteiger partial charge in [-0.25, -0.2) is 12.7 Å². The van der Waals surface area contributed by atoms with Crippen LogP contribution in [-0.4, -0.2) is 39.3 Å². The van der Waals surface area contributed by atoms with Crippen molar-refractivity contribution in [1.29, 1.82) is 0 Å². The van der Waals surface area contributed by atoms with Gasteiger partial charge in [-0.15, -0.1) is 0 Å². The zero-order valence-electron chi connectivity index (χ0n) is 12.9. The van der Waals surface area contributed by atoms with Gasteiger partial charge in [-0.1, -0.05) is 13.0 Å². The molecule has 0 aliphatic rings. The molecule has 0 fully saturated rings. The van der Waals surface area contributed by atoms with E-state index in [-0.39, 0.29) is 16.7 Å². The number of nitrogens with two attached hydrogens (primary N) is 1. The van der Waals surface area contributed by atoms with E-state index in [1.54, 1.807) is 6.07 Å². The molecule has 1 unspecified atom stereocenters. The first kappa shape index (κ1) is 17.6. The average molecular weight is 313 g/mol. The summed E-state index contributed by atoms with van der Waals surface area (Å²) < 4.78 is 25.3. The minimum absolute atomic E-state index is 0.0824. The van der Waals surface area contributed by atoms with Gasteiger partial charge in [0.1, 0.15) is 0 Å². The number of nitrogens with one attached hydrogen (secondary N) is 1. The molecule has 6 nitrogen and oxygen atoms in total. The Kier molecular flexibility index (Phi) is 5.88. The van der Waals surface area contributed by atoms with Crippen LogP contribution in [-0.2, 0) is 14.8 Å². The van der Waals surface area contributed by atoms with Crippen LogP contribution in [0.25, 0.3) is 0 Å². The molecule has 0 bridgehead atoms. The molecule has 21 heavy (non-hydrogen) atoms. The van der Waals surface area contributed by atoms with Gasteiger partial charge in [0.2, 0.25) is 15.9 Å². The molecule has 1 aromatic rings. The number of rotatable bonds is 6. The second-order valence-electron chi connectivity index (χ2n) is 5.36. The van der Waals surface area contributed by atoms with Crippen molar-refractivity contribution in [3.05, 3.63) is 23.8 Å². The van der Waals surface area contributed by atoms with Gasteiger partial charge in [-0.2, -0.15) is 0 Å². The van der Waals surface area contributed by atoms with Gasteiger partial charge in [-0.05, 0) is 37.1 Å². The van der Waals surface area contributed by atoms with E-state index in [1.165, 1.54) is 26.2 Å². The highest BCUT2D eigenvalue weighted by Gasteiger charge is 2.18. The Hall–Kier alpha value is -1.44. The number of amides is 1. The maximum absolute atomic E-state index is 12.1. The Morgan fingerprint density at radius 3 is 2.52 bits per heavy atom. The largest absolute Gasteiger partial charge is 0.330 e. The quantitative estimate of drug-likeness (QED) is 0.824. The molecule has 0 saturated carbocycles. The van der Waals surface area contributed by atoms with Crippen LogP contribution >= 0.6 is 0 Å². The predicted octanol–water partition coefficient (Wildman–Crippen LogP) is 1.17. The molecule has 1 aromatic carbocycles. The number of hydrogen-bond acceptors (Lipinski definition) is 4. The van der Waals surface area contributed by atoms with Gasteiger partial charge in [-0.3, -0.25) is 4.79 Å². The van der Waals surface area contributed by atoms with Crippen LogP contribution in [0.15, 0.2) is 23.1 Å². The first-order valence-electron chi connectivity index (χ1n) is 6.71. The third-order valence-electron chi connectivity index (χ3n) is 3.20. The highest BCUT2D eigenvalue weighted by Crippen LogP contribution is 2.22. The summed E-state index contributed by atoms with van der Waals surface area (Å²) in [5.41, 5.74) is 6.81. The molecular formula is C14H23N3O3S. The SMILES string of the molecule is Cc1ccc(S(=O)(=O)N(C)C)cc1NC(=O)CC(C)CN. The van der Waals surface area contributed by atoms with Gasteiger partial charge in [0.15, 0.2) is 0 Å². The van der Waals surface area contributed by atoms with Crippen molar-refractivity contribution in [2.75, 3.05) is 26.0 Å². The standard InChI is InChI=1S/C14H23N3O3S/c1-10(9-15)7-14(18)16-13-8-12(6-5-11(13)2)21(19,20)17(3)4/h5-6,8,10H,7,9,15H2,1-4H3,(H,16,18). The van der Waals surface area contributed by atoms with Crippen molar-refractivity contribution < 1.29 is 13.2 Å². The van der Waals surface area contributed by atoms with Gasteiger partial charge in [0, 0.05) is 26.2 Å². The van der Waals surface area contributed by atoms with E-state index in [0.717, 1.165) is 9.87 Å². The second-order valence-corrected chi connectivity index (χ2v) is 7.51. The molecule has 0 aliphatic heterocycles. The molecule has 1 atom stereocenters. The molecule has 1 rings (SSSR count). The molecule has 0 heterocycles. The number of benzene rings is 1. The Morgan fingerprint density at radius 1 is 1.38 bits per heavy atom. The predicted molar refractivity (Wildman–Crippen MR) is 83.5 cm³/mol. The number of carbonyl (C=O) groups is 1. The zero-order chi connectivity index (χ0) is 16.2. The zero-order valence-corrected chi connectivity index (χ0v) is 13.7. The molecule has 0 spiro atoms. The molecule has 118 valence electrons. The van der Waals surface area contributed by atoms with E-state index in [9.17, 15) is 13.2 Å². The van der Waals surface area contributed by atoms with Crippen LogP contribution in [0, 0.1) is 12.8 Å². The molecule has 0 aromatic heterocycles. The number of carbonyl (C=O) groups excluding carboxylic acids is 1. The number of hydrogen-bond donors (Lipinski definition) is 2. The minimum atomic E-state index is -3.52. The van der Waals surface area contributed by atoms with E-state index >= 15 is 0 Å². The molecule has 0 radical (unpaired) electrons. The summed E-state index contributed by atoms with van der Waals surface area (Å²) in [5.74, 6) is -0.0885. The van der Waals surface area contributed by atoms with Gasteiger partial charge in [0.05, 0.1) is 4.90 Å².